The molecule has 142 valence electrons. The van der Waals surface area contributed by atoms with Crippen molar-refractivity contribution in [3.63, 3.8) is 0 Å². The number of morpholine rings is 1. The number of amides is 1. The van der Waals surface area contributed by atoms with Gasteiger partial charge < -0.3 is 4.74 Å². The van der Waals surface area contributed by atoms with Crippen LogP contribution in [0.5, 0.6) is 0 Å². The van der Waals surface area contributed by atoms with Crippen molar-refractivity contribution in [2.75, 3.05) is 44.3 Å². The van der Waals surface area contributed by atoms with Crippen molar-refractivity contribution in [3.8, 4) is 0 Å². The maximum absolute atomic E-state index is 13.2. The minimum Gasteiger partial charge on any atom is -0.379 e. The molecule has 1 fully saturated rings. The Morgan fingerprint density at radius 2 is 2.07 bits per heavy atom. The standard InChI is InChI=1S/C19H20ClN3O2S2/c1-13-3-2-4-14-17(13)21-19(27-14)23(8-7-22-9-11-25-12-10-22)18(24)15-5-6-16(20)26-15/h2-6H,7-12H2,1H3. The summed E-state index contributed by atoms with van der Waals surface area (Å²) in [5.74, 6) is -0.0446. The SMILES string of the molecule is Cc1cccc2sc(N(CCN3CCOCC3)C(=O)c3ccc(Cl)s3)nc12. The van der Waals surface area contributed by atoms with Crippen molar-refractivity contribution < 1.29 is 9.53 Å². The minimum absolute atomic E-state index is 0.0446. The van der Waals surface area contributed by atoms with Crippen molar-refractivity contribution >= 4 is 55.5 Å². The number of aryl methyl sites for hydroxylation is 1. The van der Waals surface area contributed by atoms with Crippen molar-refractivity contribution in [1.82, 2.24) is 9.88 Å². The maximum Gasteiger partial charge on any atom is 0.270 e. The molecule has 0 bridgehead atoms. The number of thiophene rings is 1. The van der Waals surface area contributed by atoms with E-state index >= 15 is 0 Å². The first-order valence-electron chi connectivity index (χ1n) is 8.85. The van der Waals surface area contributed by atoms with Gasteiger partial charge in [-0.1, -0.05) is 35.1 Å². The number of hydrogen-bond donors (Lipinski definition) is 0. The highest BCUT2D eigenvalue weighted by molar-refractivity contribution is 7.22. The van der Waals surface area contributed by atoms with Crippen molar-refractivity contribution in [3.05, 3.63) is 45.1 Å². The number of ether oxygens (including phenoxy) is 1. The topological polar surface area (TPSA) is 45.7 Å². The van der Waals surface area contributed by atoms with Crippen LogP contribution >= 0.6 is 34.3 Å². The van der Waals surface area contributed by atoms with E-state index < -0.39 is 0 Å². The molecule has 1 aliphatic rings. The number of anilines is 1. The van der Waals surface area contributed by atoms with Crippen LogP contribution in [0.1, 0.15) is 15.2 Å². The van der Waals surface area contributed by atoms with Crippen LogP contribution in [0.2, 0.25) is 4.34 Å². The van der Waals surface area contributed by atoms with E-state index in [9.17, 15) is 4.79 Å². The monoisotopic (exact) mass is 421 g/mol. The van der Waals surface area contributed by atoms with Crippen LogP contribution < -0.4 is 4.90 Å². The van der Waals surface area contributed by atoms with Gasteiger partial charge in [0.05, 0.1) is 32.6 Å². The second kappa shape index (κ2) is 8.24. The second-order valence-electron chi connectivity index (χ2n) is 6.43. The number of halogens is 1. The molecule has 0 atom stereocenters. The molecule has 0 unspecified atom stereocenters. The lowest BCUT2D eigenvalue weighted by atomic mass is 10.2. The Morgan fingerprint density at radius 3 is 2.78 bits per heavy atom. The van der Waals surface area contributed by atoms with Gasteiger partial charge in [0.1, 0.15) is 0 Å². The van der Waals surface area contributed by atoms with Crippen molar-refractivity contribution in [1.29, 1.82) is 0 Å². The fourth-order valence-corrected chi connectivity index (χ4v) is 5.16. The van der Waals surface area contributed by atoms with Gasteiger partial charge >= 0.3 is 0 Å². The van der Waals surface area contributed by atoms with E-state index in [1.807, 2.05) is 19.1 Å². The summed E-state index contributed by atoms with van der Waals surface area (Å²) < 4.78 is 7.13. The quantitative estimate of drug-likeness (QED) is 0.616. The number of benzene rings is 1. The molecule has 0 radical (unpaired) electrons. The van der Waals surface area contributed by atoms with Gasteiger partial charge in [0, 0.05) is 26.2 Å². The number of carbonyl (C=O) groups is 1. The average Bonchev–Trinajstić information content (AvgIpc) is 3.30. The van der Waals surface area contributed by atoms with Crippen LogP contribution in [0.4, 0.5) is 5.13 Å². The van der Waals surface area contributed by atoms with Gasteiger partial charge in [-0.2, -0.15) is 0 Å². The van der Waals surface area contributed by atoms with Crippen LogP contribution in [0, 0.1) is 6.92 Å². The highest BCUT2D eigenvalue weighted by Crippen LogP contribution is 2.32. The number of para-hydroxylation sites is 1. The Balaban J connectivity index is 1.63. The number of fused-ring (bicyclic) bond motifs is 1. The van der Waals surface area contributed by atoms with E-state index in [2.05, 4.69) is 11.0 Å². The Labute approximate surface area is 171 Å². The highest BCUT2D eigenvalue weighted by Gasteiger charge is 2.24. The predicted octanol–water partition coefficient (Wildman–Crippen LogP) is 4.30. The van der Waals surface area contributed by atoms with Crippen LogP contribution in [0.25, 0.3) is 10.2 Å². The summed E-state index contributed by atoms with van der Waals surface area (Å²) in [5.41, 5.74) is 2.08. The molecule has 2 aromatic heterocycles. The normalized spacial score (nSPS) is 15.3. The molecular formula is C19H20ClN3O2S2. The zero-order valence-corrected chi connectivity index (χ0v) is 17.4. The molecule has 1 aliphatic heterocycles. The molecule has 3 heterocycles. The van der Waals surface area contributed by atoms with Gasteiger partial charge in [0.15, 0.2) is 5.13 Å². The van der Waals surface area contributed by atoms with Crippen LogP contribution in [0.3, 0.4) is 0 Å². The fraction of sp³-hybridized carbons (Fsp3) is 0.368. The maximum atomic E-state index is 13.2. The van der Waals surface area contributed by atoms with Crippen LogP contribution in [0.15, 0.2) is 30.3 Å². The summed E-state index contributed by atoms with van der Waals surface area (Å²) in [6.45, 7) is 6.71. The third-order valence-corrected chi connectivity index (χ3v) is 6.88. The summed E-state index contributed by atoms with van der Waals surface area (Å²) in [6, 6.07) is 9.68. The third kappa shape index (κ3) is 4.17. The number of thiazole rings is 1. The largest absolute Gasteiger partial charge is 0.379 e. The lowest BCUT2D eigenvalue weighted by molar-refractivity contribution is 0.0391. The van der Waals surface area contributed by atoms with E-state index in [1.165, 1.54) is 11.3 Å². The highest BCUT2D eigenvalue weighted by atomic mass is 35.5. The number of nitrogens with zero attached hydrogens (tertiary/aromatic N) is 3. The van der Waals surface area contributed by atoms with E-state index in [4.69, 9.17) is 21.3 Å². The molecule has 0 saturated carbocycles. The lowest BCUT2D eigenvalue weighted by Gasteiger charge is -2.29. The molecule has 5 nitrogen and oxygen atoms in total. The summed E-state index contributed by atoms with van der Waals surface area (Å²) in [4.78, 5) is 22.7. The molecule has 4 rings (SSSR count). The Morgan fingerprint density at radius 1 is 1.26 bits per heavy atom. The Bertz CT molecular complexity index is 949. The van der Waals surface area contributed by atoms with E-state index in [0.717, 1.165) is 53.8 Å². The van der Waals surface area contributed by atoms with Gasteiger partial charge in [0.25, 0.3) is 5.91 Å². The number of rotatable bonds is 5. The first-order chi connectivity index (χ1) is 13.1. The van der Waals surface area contributed by atoms with E-state index in [-0.39, 0.29) is 5.91 Å². The molecule has 0 N–H and O–H groups in total. The Kier molecular flexibility index (Phi) is 5.75. The van der Waals surface area contributed by atoms with Gasteiger partial charge in [0.2, 0.25) is 0 Å². The molecule has 3 aromatic rings. The number of hydrogen-bond acceptors (Lipinski definition) is 6. The van der Waals surface area contributed by atoms with E-state index in [0.29, 0.717) is 15.8 Å². The summed E-state index contributed by atoms with van der Waals surface area (Å²) >= 11 is 8.92. The molecule has 1 amide bonds. The molecule has 1 saturated heterocycles. The molecule has 0 spiro atoms. The lowest BCUT2D eigenvalue weighted by Crippen LogP contribution is -2.43. The second-order valence-corrected chi connectivity index (χ2v) is 9.16. The first-order valence-corrected chi connectivity index (χ1v) is 10.9. The fourth-order valence-electron chi connectivity index (χ4n) is 3.10. The molecule has 27 heavy (non-hydrogen) atoms. The molecule has 0 aliphatic carbocycles. The average molecular weight is 422 g/mol. The number of aromatic nitrogens is 1. The van der Waals surface area contributed by atoms with Crippen molar-refractivity contribution in [2.24, 2.45) is 0 Å². The molecular weight excluding hydrogens is 402 g/mol. The van der Waals surface area contributed by atoms with Gasteiger partial charge in [-0.25, -0.2) is 4.98 Å². The minimum atomic E-state index is -0.0446. The summed E-state index contributed by atoms with van der Waals surface area (Å²) in [6.07, 6.45) is 0. The van der Waals surface area contributed by atoms with Gasteiger partial charge in [-0.15, -0.1) is 11.3 Å². The Hall–Kier alpha value is -1.51. The predicted molar refractivity (Wildman–Crippen MR) is 113 cm³/mol. The first kappa shape index (κ1) is 18.8. The zero-order valence-electron chi connectivity index (χ0n) is 15.0. The number of carbonyl (C=O) groups excluding carboxylic acids is 1. The zero-order chi connectivity index (χ0) is 18.8. The third-order valence-electron chi connectivity index (χ3n) is 4.61. The molecule has 1 aromatic carbocycles. The van der Waals surface area contributed by atoms with Gasteiger partial charge in [-0.3, -0.25) is 14.6 Å². The summed E-state index contributed by atoms with van der Waals surface area (Å²) in [5, 5.41) is 0.738. The smallest absolute Gasteiger partial charge is 0.270 e. The van der Waals surface area contributed by atoms with Gasteiger partial charge in [-0.05, 0) is 30.7 Å². The molecule has 8 heteroatoms. The van der Waals surface area contributed by atoms with E-state index in [1.54, 1.807) is 28.4 Å². The van der Waals surface area contributed by atoms with Crippen molar-refractivity contribution in [2.45, 2.75) is 6.92 Å². The van der Waals surface area contributed by atoms with Crippen LogP contribution in [-0.2, 0) is 4.74 Å². The summed E-state index contributed by atoms with van der Waals surface area (Å²) in [7, 11) is 0. The van der Waals surface area contributed by atoms with Crippen LogP contribution in [-0.4, -0.2) is 55.2 Å².